The van der Waals surface area contributed by atoms with Gasteiger partial charge in [0.25, 0.3) is 0 Å². The van der Waals surface area contributed by atoms with E-state index in [9.17, 15) is 19.8 Å². The number of aromatic hydroxyl groups is 2. The summed E-state index contributed by atoms with van der Waals surface area (Å²) in [5.74, 6) is -1.81. The largest absolute Gasteiger partial charge is 0.507 e. The van der Waals surface area contributed by atoms with E-state index in [1.807, 2.05) is 13.8 Å². The summed E-state index contributed by atoms with van der Waals surface area (Å²) in [4.78, 5) is 26.0. The van der Waals surface area contributed by atoms with E-state index in [1.54, 1.807) is 48.5 Å². The lowest BCUT2D eigenvalue weighted by molar-refractivity contribution is 0.424. The molecule has 5 rings (SSSR count). The topological polar surface area (TPSA) is 114 Å². The summed E-state index contributed by atoms with van der Waals surface area (Å²) in [6, 6.07) is 13.1. The predicted octanol–water partition coefficient (Wildman–Crippen LogP) is 4.70. The zero-order valence-electron chi connectivity index (χ0n) is 17.2. The molecule has 2 N–H and O–H groups in total. The summed E-state index contributed by atoms with van der Waals surface area (Å²) in [7, 11) is 0. The molecule has 0 saturated carbocycles. The zero-order valence-corrected chi connectivity index (χ0v) is 17.2. The highest BCUT2D eigenvalue weighted by molar-refractivity contribution is 5.87. The molecule has 0 bridgehead atoms. The van der Waals surface area contributed by atoms with Crippen LogP contribution in [0.25, 0.3) is 21.9 Å². The molecular weight excluding hydrogens is 412 g/mol. The smallest absolute Gasteiger partial charge is 0.344 e. The number of fused-ring (bicyclic) bond motifs is 2. The Bertz CT molecular complexity index is 1500. The van der Waals surface area contributed by atoms with Crippen molar-refractivity contribution in [2.75, 3.05) is 0 Å². The van der Waals surface area contributed by atoms with Crippen LogP contribution in [0.15, 0.2) is 77.6 Å². The van der Waals surface area contributed by atoms with Gasteiger partial charge in [0.2, 0.25) is 0 Å². The Kier molecular flexibility index (Phi) is 4.41. The van der Waals surface area contributed by atoms with Gasteiger partial charge >= 0.3 is 11.3 Å². The Labute approximate surface area is 180 Å². The minimum atomic E-state index is -1.26. The Morgan fingerprint density at radius 3 is 1.69 bits per heavy atom. The highest BCUT2D eigenvalue weighted by atomic mass is 16.4. The van der Waals surface area contributed by atoms with Gasteiger partial charge in [-0.15, -0.1) is 0 Å². The first-order valence-corrected chi connectivity index (χ1v) is 9.91. The fraction of sp³-hybridized carbons (Fsp3) is 0.120. The molecule has 3 aromatic heterocycles. The molecule has 5 aromatic rings. The van der Waals surface area contributed by atoms with E-state index in [4.69, 9.17) is 13.3 Å². The van der Waals surface area contributed by atoms with Crippen LogP contribution in [0.5, 0.6) is 11.5 Å². The number of hydrogen-bond acceptors (Lipinski definition) is 7. The molecule has 2 aromatic carbocycles. The lowest BCUT2D eigenvalue weighted by atomic mass is 9.88. The van der Waals surface area contributed by atoms with Crippen molar-refractivity contribution in [3.63, 3.8) is 0 Å². The van der Waals surface area contributed by atoms with E-state index in [1.165, 1.54) is 6.26 Å². The van der Waals surface area contributed by atoms with E-state index < -0.39 is 17.2 Å². The molecular formula is C25H18O7. The molecule has 0 atom stereocenters. The van der Waals surface area contributed by atoms with Crippen LogP contribution in [0.3, 0.4) is 0 Å². The van der Waals surface area contributed by atoms with Crippen LogP contribution in [-0.2, 0) is 0 Å². The number of rotatable bonds is 3. The van der Waals surface area contributed by atoms with Crippen molar-refractivity contribution in [3.8, 4) is 11.5 Å². The molecule has 0 radical (unpaired) electrons. The van der Waals surface area contributed by atoms with Gasteiger partial charge in [-0.3, -0.25) is 0 Å². The highest BCUT2D eigenvalue weighted by Crippen LogP contribution is 2.42. The zero-order chi connectivity index (χ0) is 22.6. The summed E-state index contributed by atoms with van der Waals surface area (Å²) in [6.07, 6.45) is 1.37. The standard InChI is InChI=1S/C25H18O7/c1-12-5-7-16-14(10-12)22(26)20(24(28)31-16)19(18-4-3-9-30-18)21-23(27)15-11-13(2)6-8-17(15)32-25(21)29/h3-11,19,26-27H,1-2H3. The van der Waals surface area contributed by atoms with Gasteiger partial charge in [0.1, 0.15) is 28.4 Å². The third kappa shape index (κ3) is 2.98. The third-order valence-corrected chi connectivity index (χ3v) is 5.54. The second kappa shape index (κ2) is 7.16. The van der Waals surface area contributed by atoms with Crippen molar-refractivity contribution in [1.82, 2.24) is 0 Å². The van der Waals surface area contributed by atoms with E-state index in [0.717, 1.165) is 11.1 Å². The van der Waals surface area contributed by atoms with E-state index in [2.05, 4.69) is 0 Å². The van der Waals surface area contributed by atoms with Gasteiger partial charge in [0.15, 0.2) is 0 Å². The first-order chi connectivity index (χ1) is 15.3. The van der Waals surface area contributed by atoms with Gasteiger partial charge in [-0.05, 0) is 50.2 Å². The van der Waals surface area contributed by atoms with Crippen molar-refractivity contribution in [1.29, 1.82) is 0 Å². The van der Waals surface area contributed by atoms with Crippen molar-refractivity contribution in [3.05, 3.63) is 104 Å². The normalized spacial score (nSPS) is 11.6. The SMILES string of the molecule is Cc1ccc2oc(=O)c(C(c3ccco3)c3c(O)c4cc(C)ccc4oc3=O)c(O)c2c1. The molecule has 0 aliphatic rings. The number of hydrogen-bond donors (Lipinski definition) is 2. The van der Waals surface area contributed by atoms with E-state index >= 15 is 0 Å². The maximum Gasteiger partial charge on any atom is 0.344 e. The van der Waals surface area contributed by atoms with Crippen LogP contribution >= 0.6 is 0 Å². The number of aryl methyl sites for hydroxylation is 2. The molecule has 160 valence electrons. The minimum Gasteiger partial charge on any atom is -0.507 e. The van der Waals surface area contributed by atoms with Gasteiger partial charge in [0.05, 0.1) is 34.1 Å². The van der Waals surface area contributed by atoms with Crippen molar-refractivity contribution in [2.45, 2.75) is 19.8 Å². The average Bonchev–Trinajstić information content (AvgIpc) is 3.28. The van der Waals surface area contributed by atoms with E-state index in [-0.39, 0.29) is 39.6 Å². The molecule has 0 spiro atoms. The molecule has 7 heteroatoms. The van der Waals surface area contributed by atoms with Crippen LogP contribution in [0.1, 0.15) is 33.9 Å². The average molecular weight is 430 g/mol. The minimum absolute atomic E-state index is 0.161. The lowest BCUT2D eigenvalue weighted by Gasteiger charge is -2.17. The fourth-order valence-electron chi connectivity index (χ4n) is 4.02. The molecule has 0 fully saturated rings. The highest BCUT2D eigenvalue weighted by Gasteiger charge is 2.34. The van der Waals surface area contributed by atoms with Gasteiger partial charge < -0.3 is 23.5 Å². The Hall–Kier alpha value is -4.26. The molecule has 7 nitrogen and oxygen atoms in total. The van der Waals surface area contributed by atoms with Crippen molar-refractivity contribution < 1.29 is 23.5 Å². The van der Waals surface area contributed by atoms with Crippen LogP contribution in [0, 0.1) is 13.8 Å². The maximum atomic E-state index is 13.0. The van der Waals surface area contributed by atoms with Crippen LogP contribution < -0.4 is 11.3 Å². The molecule has 0 unspecified atom stereocenters. The monoisotopic (exact) mass is 430 g/mol. The van der Waals surface area contributed by atoms with Crippen molar-refractivity contribution in [2.24, 2.45) is 0 Å². The Morgan fingerprint density at radius 1 is 0.750 bits per heavy atom. The summed E-state index contributed by atoms with van der Waals surface area (Å²) in [6.45, 7) is 3.67. The Balaban J connectivity index is 1.90. The van der Waals surface area contributed by atoms with Crippen LogP contribution in [0.2, 0.25) is 0 Å². The summed E-state index contributed by atoms with van der Waals surface area (Å²) in [5, 5.41) is 22.8. The molecule has 0 amide bonds. The van der Waals surface area contributed by atoms with E-state index in [0.29, 0.717) is 10.8 Å². The first kappa shape index (κ1) is 19.7. The van der Waals surface area contributed by atoms with Gasteiger partial charge in [-0.25, -0.2) is 9.59 Å². The molecule has 0 aliphatic carbocycles. The third-order valence-electron chi connectivity index (χ3n) is 5.54. The fourth-order valence-corrected chi connectivity index (χ4v) is 4.02. The summed E-state index contributed by atoms with van der Waals surface area (Å²) >= 11 is 0. The second-order valence-corrected chi connectivity index (χ2v) is 7.75. The maximum absolute atomic E-state index is 13.0. The van der Waals surface area contributed by atoms with Crippen LogP contribution in [0.4, 0.5) is 0 Å². The van der Waals surface area contributed by atoms with Crippen LogP contribution in [-0.4, -0.2) is 10.2 Å². The molecule has 0 aliphatic heterocycles. The van der Waals surface area contributed by atoms with Crippen molar-refractivity contribution >= 4 is 21.9 Å². The lowest BCUT2D eigenvalue weighted by Crippen LogP contribution is -2.21. The van der Waals surface area contributed by atoms with Gasteiger partial charge in [-0.2, -0.15) is 0 Å². The molecule has 32 heavy (non-hydrogen) atoms. The quantitative estimate of drug-likeness (QED) is 0.399. The molecule has 3 heterocycles. The predicted molar refractivity (Wildman–Crippen MR) is 117 cm³/mol. The second-order valence-electron chi connectivity index (χ2n) is 7.75. The van der Waals surface area contributed by atoms with Gasteiger partial charge in [0, 0.05) is 0 Å². The summed E-state index contributed by atoms with van der Waals surface area (Å²) < 4.78 is 16.4. The number of furan rings is 1. The number of benzene rings is 2. The van der Waals surface area contributed by atoms with Gasteiger partial charge in [-0.1, -0.05) is 23.3 Å². The summed E-state index contributed by atoms with van der Waals surface area (Å²) in [5.41, 5.74) is -0.0978. The first-order valence-electron chi connectivity index (χ1n) is 9.91. The molecule has 0 saturated heterocycles. The Morgan fingerprint density at radius 2 is 1.25 bits per heavy atom.